The zero-order valence-corrected chi connectivity index (χ0v) is 11.7. The van der Waals surface area contributed by atoms with E-state index in [1.54, 1.807) is 12.1 Å². The van der Waals surface area contributed by atoms with Crippen molar-refractivity contribution in [3.05, 3.63) is 29.8 Å². The van der Waals surface area contributed by atoms with Crippen LogP contribution in [0.1, 0.15) is 29.6 Å². The highest BCUT2D eigenvalue weighted by Crippen LogP contribution is 2.15. The van der Waals surface area contributed by atoms with Crippen LogP contribution in [-0.4, -0.2) is 39.4 Å². The van der Waals surface area contributed by atoms with E-state index in [4.69, 9.17) is 0 Å². The number of benzene rings is 1. The molecule has 2 rings (SSSR count). The van der Waals surface area contributed by atoms with Crippen molar-refractivity contribution in [2.75, 3.05) is 20.1 Å². The van der Waals surface area contributed by atoms with Gasteiger partial charge in [-0.2, -0.15) is 0 Å². The minimum absolute atomic E-state index is 0.0203. The van der Waals surface area contributed by atoms with Crippen molar-refractivity contribution in [1.82, 2.24) is 9.62 Å². The summed E-state index contributed by atoms with van der Waals surface area (Å²) in [6.07, 6.45) is 3.25. The summed E-state index contributed by atoms with van der Waals surface area (Å²) in [5.74, 6) is -0.0203. The van der Waals surface area contributed by atoms with Gasteiger partial charge in [0.05, 0.1) is 4.90 Å². The number of rotatable bonds is 3. The molecule has 0 aromatic heterocycles. The van der Waals surface area contributed by atoms with E-state index in [1.165, 1.54) is 25.6 Å². The van der Waals surface area contributed by atoms with Crippen molar-refractivity contribution >= 4 is 15.9 Å². The van der Waals surface area contributed by atoms with Gasteiger partial charge in [-0.25, -0.2) is 13.1 Å². The third kappa shape index (κ3) is 3.13. The molecular formula is C13H18N2O3S. The van der Waals surface area contributed by atoms with Gasteiger partial charge in [-0.05, 0) is 50.6 Å². The summed E-state index contributed by atoms with van der Waals surface area (Å²) in [6, 6.07) is 6.06. The first-order valence-electron chi connectivity index (χ1n) is 6.37. The maximum Gasteiger partial charge on any atom is 0.253 e. The SMILES string of the molecule is CNS(=O)(=O)c1ccc(C(=O)N2CCCCC2)cc1. The van der Waals surface area contributed by atoms with E-state index in [2.05, 4.69) is 4.72 Å². The maximum atomic E-state index is 12.2. The molecule has 1 aliphatic rings. The lowest BCUT2D eigenvalue weighted by atomic mass is 10.1. The number of piperidine rings is 1. The van der Waals surface area contributed by atoms with Gasteiger partial charge >= 0.3 is 0 Å². The molecule has 0 atom stereocenters. The van der Waals surface area contributed by atoms with Gasteiger partial charge in [0.1, 0.15) is 0 Å². The predicted octanol–water partition coefficient (Wildman–Crippen LogP) is 1.22. The van der Waals surface area contributed by atoms with Crippen LogP contribution in [-0.2, 0) is 10.0 Å². The second kappa shape index (κ2) is 5.71. The van der Waals surface area contributed by atoms with Gasteiger partial charge < -0.3 is 4.90 Å². The van der Waals surface area contributed by atoms with Crippen molar-refractivity contribution in [1.29, 1.82) is 0 Å². The first-order valence-corrected chi connectivity index (χ1v) is 7.86. The monoisotopic (exact) mass is 282 g/mol. The molecular weight excluding hydrogens is 264 g/mol. The summed E-state index contributed by atoms with van der Waals surface area (Å²) >= 11 is 0. The van der Waals surface area contributed by atoms with E-state index >= 15 is 0 Å². The van der Waals surface area contributed by atoms with Gasteiger partial charge in [-0.3, -0.25) is 4.79 Å². The Morgan fingerprint density at radius 3 is 2.21 bits per heavy atom. The zero-order valence-electron chi connectivity index (χ0n) is 10.9. The Kier molecular flexibility index (Phi) is 4.21. The van der Waals surface area contributed by atoms with E-state index in [-0.39, 0.29) is 10.8 Å². The molecule has 1 N–H and O–H groups in total. The van der Waals surface area contributed by atoms with Crippen LogP contribution in [0, 0.1) is 0 Å². The normalized spacial score (nSPS) is 16.4. The highest BCUT2D eigenvalue weighted by Gasteiger charge is 2.19. The summed E-state index contributed by atoms with van der Waals surface area (Å²) in [7, 11) is -2.08. The highest BCUT2D eigenvalue weighted by molar-refractivity contribution is 7.89. The van der Waals surface area contributed by atoms with E-state index in [9.17, 15) is 13.2 Å². The standard InChI is InChI=1S/C13H18N2O3S/c1-14-19(17,18)12-7-5-11(6-8-12)13(16)15-9-3-2-4-10-15/h5-8,14H,2-4,9-10H2,1H3. The Morgan fingerprint density at radius 2 is 1.68 bits per heavy atom. The molecule has 1 aliphatic heterocycles. The Balaban J connectivity index is 2.16. The smallest absolute Gasteiger partial charge is 0.253 e. The molecule has 0 saturated carbocycles. The van der Waals surface area contributed by atoms with E-state index < -0.39 is 10.0 Å². The van der Waals surface area contributed by atoms with Crippen molar-refractivity contribution in [3.8, 4) is 0 Å². The fourth-order valence-electron chi connectivity index (χ4n) is 2.17. The van der Waals surface area contributed by atoms with Crippen LogP contribution in [0.2, 0.25) is 0 Å². The summed E-state index contributed by atoms with van der Waals surface area (Å²) in [6.45, 7) is 1.57. The van der Waals surface area contributed by atoms with Crippen LogP contribution in [0.5, 0.6) is 0 Å². The number of likely N-dealkylation sites (tertiary alicyclic amines) is 1. The summed E-state index contributed by atoms with van der Waals surface area (Å²) in [5.41, 5.74) is 0.539. The summed E-state index contributed by atoms with van der Waals surface area (Å²) in [5, 5.41) is 0. The molecule has 0 bridgehead atoms. The average molecular weight is 282 g/mol. The second-order valence-electron chi connectivity index (χ2n) is 4.58. The molecule has 19 heavy (non-hydrogen) atoms. The number of carbonyl (C=O) groups excluding carboxylic acids is 1. The fraction of sp³-hybridized carbons (Fsp3) is 0.462. The lowest BCUT2D eigenvalue weighted by Gasteiger charge is -2.26. The molecule has 0 aliphatic carbocycles. The predicted molar refractivity (Wildman–Crippen MR) is 72.4 cm³/mol. The van der Waals surface area contributed by atoms with Crippen LogP contribution >= 0.6 is 0 Å². The zero-order chi connectivity index (χ0) is 13.9. The maximum absolute atomic E-state index is 12.2. The number of nitrogens with zero attached hydrogens (tertiary/aromatic N) is 1. The van der Waals surface area contributed by atoms with Crippen molar-refractivity contribution in [2.24, 2.45) is 0 Å². The van der Waals surface area contributed by atoms with Gasteiger partial charge in [-0.15, -0.1) is 0 Å². The van der Waals surface area contributed by atoms with Gasteiger partial charge in [0, 0.05) is 18.7 Å². The van der Waals surface area contributed by atoms with Gasteiger partial charge in [0.15, 0.2) is 0 Å². The molecule has 0 radical (unpaired) electrons. The third-order valence-electron chi connectivity index (χ3n) is 3.32. The minimum atomic E-state index is -3.44. The first-order chi connectivity index (χ1) is 9.04. The number of nitrogens with one attached hydrogen (secondary N) is 1. The quantitative estimate of drug-likeness (QED) is 0.906. The molecule has 104 valence electrons. The minimum Gasteiger partial charge on any atom is -0.339 e. The molecule has 1 aromatic carbocycles. The van der Waals surface area contributed by atoms with E-state index in [0.717, 1.165) is 25.9 Å². The largest absolute Gasteiger partial charge is 0.339 e. The lowest BCUT2D eigenvalue weighted by Crippen LogP contribution is -2.35. The van der Waals surface area contributed by atoms with Crippen LogP contribution in [0.3, 0.4) is 0 Å². The summed E-state index contributed by atoms with van der Waals surface area (Å²) in [4.78, 5) is 14.2. The molecule has 0 spiro atoms. The second-order valence-corrected chi connectivity index (χ2v) is 6.47. The Labute approximate surface area is 113 Å². The third-order valence-corrected chi connectivity index (χ3v) is 4.75. The van der Waals surface area contributed by atoms with Crippen LogP contribution in [0.4, 0.5) is 0 Å². The van der Waals surface area contributed by atoms with Crippen molar-refractivity contribution in [3.63, 3.8) is 0 Å². The number of sulfonamides is 1. The molecule has 0 unspecified atom stereocenters. The molecule has 1 aromatic rings. The fourth-order valence-corrected chi connectivity index (χ4v) is 2.90. The van der Waals surface area contributed by atoms with Crippen molar-refractivity contribution < 1.29 is 13.2 Å². The van der Waals surface area contributed by atoms with Crippen LogP contribution in [0.25, 0.3) is 0 Å². The van der Waals surface area contributed by atoms with Gasteiger partial charge in [0.25, 0.3) is 5.91 Å². The molecule has 6 heteroatoms. The topological polar surface area (TPSA) is 66.5 Å². The molecule has 1 heterocycles. The number of hydrogen-bond donors (Lipinski definition) is 1. The number of hydrogen-bond acceptors (Lipinski definition) is 3. The van der Waals surface area contributed by atoms with Crippen LogP contribution < -0.4 is 4.72 Å². The summed E-state index contributed by atoms with van der Waals surface area (Å²) < 4.78 is 25.4. The number of amides is 1. The Morgan fingerprint density at radius 1 is 1.11 bits per heavy atom. The Hall–Kier alpha value is -1.40. The first kappa shape index (κ1) is 14.0. The highest BCUT2D eigenvalue weighted by atomic mass is 32.2. The van der Waals surface area contributed by atoms with Crippen LogP contribution in [0.15, 0.2) is 29.2 Å². The molecule has 5 nitrogen and oxygen atoms in total. The van der Waals surface area contributed by atoms with Crippen molar-refractivity contribution in [2.45, 2.75) is 24.2 Å². The lowest BCUT2D eigenvalue weighted by molar-refractivity contribution is 0.0724. The molecule has 1 fully saturated rings. The molecule has 1 saturated heterocycles. The average Bonchev–Trinajstić information content (AvgIpc) is 2.47. The Bertz CT molecular complexity index is 546. The number of carbonyl (C=O) groups is 1. The van der Waals surface area contributed by atoms with Gasteiger partial charge in [-0.1, -0.05) is 0 Å². The van der Waals surface area contributed by atoms with E-state index in [1.807, 2.05) is 4.90 Å². The van der Waals surface area contributed by atoms with E-state index in [0.29, 0.717) is 5.56 Å². The molecule has 1 amide bonds. The van der Waals surface area contributed by atoms with Gasteiger partial charge in [0.2, 0.25) is 10.0 Å².